The van der Waals surface area contributed by atoms with Crippen LogP contribution in [-0.2, 0) is 0 Å². The van der Waals surface area contributed by atoms with Crippen LogP contribution in [0.15, 0.2) is 0 Å². The van der Waals surface area contributed by atoms with Gasteiger partial charge in [-0.1, -0.05) is 13.3 Å². The minimum absolute atomic E-state index is 0.157. The van der Waals surface area contributed by atoms with E-state index in [-0.39, 0.29) is 12.2 Å². The Morgan fingerprint density at radius 2 is 1.31 bits per heavy atom. The number of aliphatic hydroxyl groups is 2. The zero-order chi connectivity index (χ0) is 9.42. The predicted molar refractivity (Wildman–Crippen MR) is 51.2 cm³/mol. The van der Waals surface area contributed by atoms with Gasteiger partial charge in [-0.15, -0.1) is 0 Å². The van der Waals surface area contributed by atoms with Gasteiger partial charge in [0.25, 0.3) is 0 Å². The minimum Gasteiger partial charge on any atom is -0.393 e. The van der Waals surface area contributed by atoms with Crippen molar-refractivity contribution in [1.29, 1.82) is 0 Å². The van der Waals surface area contributed by atoms with Crippen LogP contribution in [0, 0.1) is 17.8 Å². The molecule has 0 aromatic heterocycles. The van der Waals surface area contributed by atoms with Crippen molar-refractivity contribution in [2.75, 3.05) is 0 Å². The van der Waals surface area contributed by atoms with Gasteiger partial charge >= 0.3 is 0 Å². The Hall–Kier alpha value is -0.0800. The van der Waals surface area contributed by atoms with Crippen LogP contribution < -0.4 is 0 Å². The molecule has 0 aromatic rings. The Morgan fingerprint density at radius 3 is 1.77 bits per heavy atom. The van der Waals surface area contributed by atoms with Gasteiger partial charge in [0.1, 0.15) is 0 Å². The molecule has 2 aliphatic carbocycles. The first kappa shape index (κ1) is 9.47. The summed E-state index contributed by atoms with van der Waals surface area (Å²) in [6, 6.07) is 0. The molecule has 4 atom stereocenters. The molecule has 2 aliphatic rings. The molecule has 4 unspecified atom stereocenters. The Morgan fingerprint density at radius 1 is 0.846 bits per heavy atom. The van der Waals surface area contributed by atoms with Crippen LogP contribution in [0.1, 0.15) is 39.0 Å². The highest BCUT2D eigenvalue weighted by atomic mass is 16.3. The van der Waals surface area contributed by atoms with Gasteiger partial charge in [-0.2, -0.15) is 0 Å². The standard InChI is InChI=1S/C11H20O2/c1-7-8-3-2-4-9(7)11(13)6-5-10(8)12/h7-13H,2-6H2,1H3. The summed E-state index contributed by atoms with van der Waals surface area (Å²) in [5.74, 6) is 1.42. The first-order valence-corrected chi connectivity index (χ1v) is 5.56. The highest BCUT2D eigenvalue weighted by Gasteiger charge is 2.40. The van der Waals surface area contributed by atoms with E-state index in [4.69, 9.17) is 0 Å². The van der Waals surface area contributed by atoms with Crippen molar-refractivity contribution < 1.29 is 10.2 Å². The summed E-state index contributed by atoms with van der Waals surface area (Å²) in [5.41, 5.74) is 0. The fraction of sp³-hybridized carbons (Fsp3) is 1.00. The van der Waals surface area contributed by atoms with Crippen LogP contribution in [0.3, 0.4) is 0 Å². The normalized spacial score (nSPS) is 51.5. The Labute approximate surface area is 80.0 Å². The van der Waals surface area contributed by atoms with Crippen LogP contribution in [0.5, 0.6) is 0 Å². The van der Waals surface area contributed by atoms with E-state index in [0.29, 0.717) is 17.8 Å². The summed E-state index contributed by atoms with van der Waals surface area (Å²) < 4.78 is 0. The maximum absolute atomic E-state index is 9.88. The summed E-state index contributed by atoms with van der Waals surface area (Å²) in [7, 11) is 0. The molecule has 0 saturated heterocycles. The van der Waals surface area contributed by atoms with Crippen LogP contribution in [0.4, 0.5) is 0 Å². The molecule has 0 spiro atoms. The second kappa shape index (κ2) is 3.58. The third-order valence-corrected chi connectivity index (χ3v) is 4.17. The van der Waals surface area contributed by atoms with Crippen LogP contribution in [0.25, 0.3) is 0 Å². The molecule has 0 aromatic carbocycles. The van der Waals surface area contributed by atoms with Crippen LogP contribution >= 0.6 is 0 Å². The van der Waals surface area contributed by atoms with E-state index in [2.05, 4.69) is 6.92 Å². The van der Waals surface area contributed by atoms with Crippen LogP contribution in [-0.4, -0.2) is 22.4 Å². The van der Waals surface area contributed by atoms with Gasteiger partial charge in [0.15, 0.2) is 0 Å². The molecular formula is C11H20O2. The lowest BCUT2D eigenvalue weighted by Crippen LogP contribution is -2.35. The first-order chi connectivity index (χ1) is 6.20. The smallest absolute Gasteiger partial charge is 0.0572 e. The molecule has 0 aliphatic heterocycles. The molecule has 2 fully saturated rings. The highest BCUT2D eigenvalue weighted by Crippen LogP contribution is 2.42. The van der Waals surface area contributed by atoms with Gasteiger partial charge < -0.3 is 10.2 Å². The van der Waals surface area contributed by atoms with E-state index in [0.717, 1.165) is 25.7 Å². The maximum Gasteiger partial charge on any atom is 0.0572 e. The van der Waals surface area contributed by atoms with E-state index in [1.165, 1.54) is 6.42 Å². The number of aliphatic hydroxyl groups excluding tert-OH is 2. The number of hydrogen-bond acceptors (Lipinski definition) is 2. The van der Waals surface area contributed by atoms with Gasteiger partial charge in [0, 0.05) is 0 Å². The molecule has 0 radical (unpaired) electrons. The zero-order valence-corrected chi connectivity index (χ0v) is 8.32. The lowest BCUT2D eigenvalue weighted by Gasteiger charge is -2.37. The maximum atomic E-state index is 9.88. The van der Waals surface area contributed by atoms with Crippen molar-refractivity contribution in [2.45, 2.75) is 51.2 Å². The van der Waals surface area contributed by atoms with Gasteiger partial charge in [-0.25, -0.2) is 0 Å². The van der Waals surface area contributed by atoms with Gasteiger partial charge in [0.2, 0.25) is 0 Å². The number of hydrogen-bond donors (Lipinski definition) is 2. The lowest BCUT2D eigenvalue weighted by atomic mass is 9.71. The Kier molecular flexibility index (Phi) is 2.61. The van der Waals surface area contributed by atoms with E-state index < -0.39 is 0 Å². The average Bonchev–Trinajstić information content (AvgIpc) is 2.21. The van der Waals surface area contributed by atoms with Crippen molar-refractivity contribution in [3.05, 3.63) is 0 Å². The lowest BCUT2D eigenvalue weighted by molar-refractivity contribution is 0.0148. The summed E-state index contributed by atoms with van der Waals surface area (Å²) in [6.45, 7) is 2.20. The molecule has 2 bridgehead atoms. The molecular weight excluding hydrogens is 164 g/mol. The molecule has 0 heterocycles. The average molecular weight is 184 g/mol. The second-order valence-electron chi connectivity index (χ2n) is 4.83. The largest absolute Gasteiger partial charge is 0.393 e. The molecule has 76 valence electrons. The summed E-state index contributed by atoms with van der Waals surface area (Å²) in [4.78, 5) is 0. The van der Waals surface area contributed by atoms with Gasteiger partial charge in [-0.3, -0.25) is 0 Å². The fourth-order valence-electron chi connectivity index (χ4n) is 3.29. The van der Waals surface area contributed by atoms with Gasteiger partial charge in [-0.05, 0) is 43.4 Å². The molecule has 13 heavy (non-hydrogen) atoms. The molecule has 2 rings (SSSR count). The second-order valence-corrected chi connectivity index (χ2v) is 4.83. The number of fused-ring (bicyclic) bond motifs is 2. The monoisotopic (exact) mass is 184 g/mol. The molecule has 0 amide bonds. The van der Waals surface area contributed by atoms with E-state index in [9.17, 15) is 10.2 Å². The number of rotatable bonds is 0. The SMILES string of the molecule is CC1C2CCCC1C(O)CCC2O. The molecule has 2 saturated carbocycles. The predicted octanol–water partition coefficient (Wildman–Crippen LogP) is 1.55. The van der Waals surface area contributed by atoms with Crippen molar-refractivity contribution in [2.24, 2.45) is 17.8 Å². The van der Waals surface area contributed by atoms with Crippen molar-refractivity contribution >= 4 is 0 Å². The topological polar surface area (TPSA) is 40.5 Å². The Bertz CT molecular complexity index is 163. The summed E-state index contributed by atoms with van der Waals surface area (Å²) >= 11 is 0. The molecule has 2 heteroatoms. The minimum atomic E-state index is -0.157. The molecule has 2 nitrogen and oxygen atoms in total. The van der Waals surface area contributed by atoms with Crippen molar-refractivity contribution in [3.8, 4) is 0 Å². The molecule has 2 N–H and O–H groups in total. The summed E-state index contributed by atoms with van der Waals surface area (Å²) in [5, 5.41) is 19.8. The summed E-state index contributed by atoms with van der Waals surface area (Å²) in [6.07, 6.45) is 4.79. The first-order valence-electron chi connectivity index (χ1n) is 5.56. The van der Waals surface area contributed by atoms with Crippen LogP contribution in [0.2, 0.25) is 0 Å². The van der Waals surface area contributed by atoms with E-state index in [1.807, 2.05) is 0 Å². The third-order valence-electron chi connectivity index (χ3n) is 4.17. The quantitative estimate of drug-likeness (QED) is 0.599. The highest BCUT2D eigenvalue weighted by molar-refractivity contribution is 4.90. The Balaban J connectivity index is 2.17. The van der Waals surface area contributed by atoms with Crippen molar-refractivity contribution in [3.63, 3.8) is 0 Å². The zero-order valence-electron chi connectivity index (χ0n) is 8.32. The van der Waals surface area contributed by atoms with E-state index in [1.54, 1.807) is 0 Å². The fourth-order valence-corrected chi connectivity index (χ4v) is 3.29. The van der Waals surface area contributed by atoms with Crippen molar-refractivity contribution in [1.82, 2.24) is 0 Å². The third kappa shape index (κ3) is 1.62. The van der Waals surface area contributed by atoms with Gasteiger partial charge in [0.05, 0.1) is 12.2 Å². The van der Waals surface area contributed by atoms with E-state index >= 15 is 0 Å².